The zero-order valence-electron chi connectivity index (χ0n) is 23.8. The summed E-state index contributed by atoms with van der Waals surface area (Å²) >= 11 is 1.26. The molecular weight excluding hydrogens is 547 g/mol. The molecule has 0 aromatic heterocycles. The Morgan fingerprint density at radius 2 is 1.51 bits per heavy atom. The van der Waals surface area contributed by atoms with Gasteiger partial charge >= 0.3 is 12.2 Å². The van der Waals surface area contributed by atoms with E-state index >= 15 is 0 Å². The number of carbonyl (C=O) groups excluding carboxylic acids is 2. The molecule has 0 spiro atoms. The lowest BCUT2D eigenvalue weighted by molar-refractivity contribution is 0.0283. The van der Waals surface area contributed by atoms with Crippen molar-refractivity contribution in [1.82, 2.24) is 9.21 Å². The van der Waals surface area contributed by atoms with Gasteiger partial charge in [0.1, 0.15) is 28.5 Å². The lowest BCUT2D eigenvalue weighted by Gasteiger charge is -2.27. The van der Waals surface area contributed by atoms with Gasteiger partial charge in [0, 0.05) is 23.6 Å². The summed E-state index contributed by atoms with van der Waals surface area (Å²) in [7, 11) is -2.43. The Morgan fingerprint density at radius 1 is 0.923 bits per heavy atom. The minimum Gasteiger partial charge on any atom is -0.457 e. The van der Waals surface area contributed by atoms with E-state index < -0.39 is 39.2 Å². The van der Waals surface area contributed by atoms with Crippen molar-refractivity contribution in [1.29, 1.82) is 0 Å². The smallest absolute Gasteiger partial charge is 0.424 e. The number of sulfonamides is 1. The molecule has 2 aromatic carbocycles. The molecule has 0 N–H and O–H groups in total. The predicted molar refractivity (Wildman–Crippen MR) is 149 cm³/mol. The van der Waals surface area contributed by atoms with Crippen LogP contribution in [0.15, 0.2) is 41.3 Å². The molecule has 0 unspecified atom stereocenters. The van der Waals surface area contributed by atoms with Crippen molar-refractivity contribution in [2.75, 3.05) is 19.6 Å². The number of amides is 2. The van der Waals surface area contributed by atoms with E-state index in [4.69, 9.17) is 14.2 Å². The maximum Gasteiger partial charge on any atom is 0.424 e. The first-order valence-electron chi connectivity index (χ1n) is 12.1. The van der Waals surface area contributed by atoms with Gasteiger partial charge in [-0.15, -0.1) is 11.8 Å². The van der Waals surface area contributed by atoms with Gasteiger partial charge in [-0.25, -0.2) is 26.7 Å². The van der Waals surface area contributed by atoms with E-state index in [2.05, 4.69) is 0 Å². The molecule has 39 heavy (non-hydrogen) atoms. The van der Waals surface area contributed by atoms with E-state index in [1.165, 1.54) is 22.7 Å². The number of benzene rings is 2. The van der Waals surface area contributed by atoms with Gasteiger partial charge in [-0.3, -0.25) is 0 Å². The highest BCUT2D eigenvalue weighted by molar-refractivity contribution is 7.98. The molecule has 0 radical (unpaired) electrons. The molecule has 2 aromatic rings. The molecule has 2 amide bonds. The van der Waals surface area contributed by atoms with Gasteiger partial charge in [0.15, 0.2) is 0 Å². The molecule has 0 heterocycles. The fraction of sp³-hybridized carbons (Fsp3) is 0.481. The van der Waals surface area contributed by atoms with E-state index in [1.807, 2.05) is 0 Å². The Hall–Kier alpha value is -2.99. The Morgan fingerprint density at radius 3 is 2.03 bits per heavy atom. The van der Waals surface area contributed by atoms with Crippen molar-refractivity contribution in [3.63, 3.8) is 0 Å². The Labute approximate surface area is 234 Å². The van der Waals surface area contributed by atoms with Gasteiger partial charge in [-0.2, -0.15) is 0 Å². The van der Waals surface area contributed by atoms with Crippen LogP contribution in [0.4, 0.5) is 14.0 Å². The van der Waals surface area contributed by atoms with Crippen LogP contribution in [0.5, 0.6) is 11.5 Å². The summed E-state index contributed by atoms with van der Waals surface area (Å²) in [6, 6.07) is 9.25. The van der Waals surface area contributed by atoms with Crippen molar-refractivity contribution < 1.29 is 36.6 Å². The van der Waals surface area contributed by atoms with Crippen LogP contribution in [0.25, 0.3) is 0 Å². The molecule has 0 fully saturated rings. The molecule has 2 rings (SSSR count). The maximum absolute atomic E-state index is 14.4. The van der Waals surface area contributed by atoms with Crippen LogP contribution in [-0.4, -0.2) is 60.6 Å². The summed E-state index contributed by atoms with van der Waals surface area (Å²) < 4.78 is 56.5. The maximum atomic E-state index is 14.4. The third kappa shape index (κ3) is 10.2. The van der Waals surface area contributed by atoms with Crippen LogP contribution >= 0.6 is 11.8 Å². The molecule has 0 aliphatic carbocycles. The lowest BCUT2D eigenvalue weighted by Crippen LogP contribution is -2.39. The topological polar surface area (TPSA) is 102 Å². The fourth-order valence-electron chi connectivity index (χ4n) is 3.25. The second-order valence-corrected chi connectivity index (χ2v) is 13.7. The highest BCUT2D eigenvalue weighted by atomic mass is 32.2. The first-order chi connectivity index (χ1) is 17.8. The average Bonchev–Trinajstić information content (AvgIpc) is 2.76. The molecule has 9 nitrogen and oxygen atoms in total. The minimum absolute atomic E-state index is 0.0226. The predicted octanol–water partition coefficient (Wildman–Crippen LogP) is 6.40. The number of halogens is 1. The summed E-state index contributed by atoms with van der Waals surface area (Å²) in [5, 5.41) is 0. The molecule has 216 valence electrons. The summed E-state index contributed by atoms with van der Waals surface area (Å²) in [5.41, 5.74) is -0.699. The fourth-order valence-corrected chi connectivity index (χ4v) is 4.40. The van der Waals surface area contributed by atoms with Crippen LogP contribution in [0.3, 0.4) is 0 Å². The van der Waals surface area contributed by atoms with Crippen LogP contribution < -0.4 is 4.74 Å². The molecular formula is C27H37FN2O7S2. The van der Waals surface area contributed by atoms with E-state index in [0.29, 0.717) is 26.1 Å². The third-order valence-corrected chi connectivity index (χ3v) is 6.76. The van der Waals surface area contributed by atoms with E-state index in [9.17, 15) is 22.4 Å². The van der Waals surface area contributed by atoms with Crippen molar-refractivity contribution in [2.45, 2.75) is 70.7 Å². The highest BCUT2D eigenvalue weighted by Gasteiger charge is 2.29. The van der Waals surface area contributed by atoms with Crippen molar-refractivity contribution in [3.05, 3.63) is 53.3 Å². The Kier molecular flexibility index (Phi) is 10.3. The first kappa shape index (κ1) is 32.2. The summed E-state index contributed by atoms with van der Waals surface area (Å²) in [6.45, 7) is 9.86. The van der Waals surface area contributed by atoms with Gasteiger partial charge in [0.05, 0.1) is 19.3 Å². The number of rotatable bonds is 8. The van der Waals surface area contributed by atoms with Crippen LogP contribution in [0.2, 0.25) is 0 Å². The zero-order valence-corrected chi connectivity index (χ0v) is 25.5. The molecule has 0 atom stereocenters. The number of ether oxygens (including phenoxy) is 3. The van der Waals surface area contributed by atoms with E-state index in [1.54, 1.807) is 85.2 Å². The van der Waals surface area contributed by atoms with E-state index in [-0.39, 0.29) is 18.8 Å². The van der Waals surface area contributed by atoms with Crippen molar-refractivity contribution >= 4 is 34.0 Å². The van der Waals surface area contributed by atoms with Crippen LogP contribution in [0, 0.1) is 5.82 Å². The van der Waals surface area contributed by atoms with Gasteiger partial charge in [-0.1, -0.05) is 6.07 Å². The minimum atomic E-state index is -3.98. The number of hydrogen-bond acceptors (Lipinski definition) is 8. The van der Waals surface area contributed by atoms with Gasteiger partial charge in [-0.05, 0) is 77.6 Å². The highest BCUT2D eigenvalue weighted by Crippen LogP contribution is 2.31. The number of nitrogens with zero attached hydrogens (tertiary/aromatic N) is 2. The monoisotopic (exact) mass is 584 g/mol. The van der Waals surface area contributed by atoms with Gasteiger partial charge in [0.2, 0.25) is 10.0 Å². The number of hydrogen-bond donors (Lipinski definition) is 0. The van der Waals surface area contributed by atoms with Gasteiger partial charge in [0.25, 0.3) is 0 Å². The largest absolute Gasteiger partial charge is 0.457 e. The molecule has 0 aliphatic heterocycles. The molecule has 12 heteroatoms. The van der Waals surface area contributed by atoms with Crippen LogP contribution in [0.1, 0.15) is 52.7 Å². The van der Waals surface area contributed by atoms with Crippen molar-refractivity contribution in [3.8, 4) is 11.5 Å². The standard InChI is InChI=1S/C27H37FN2O7S2/c1-26(2,3)36-24(31)29(7)17-19-14-18(16-30(39(9,33)34)25(32)37-27(4,5)6)10-12-22(19)35-20-11-13-23(38-8)21(28)15-20/h10-15H,16-17H2,1-9H3. The second kappa shape index (κ2) is 12.5. The zero-order chi connectivity index (χ0) is 29.8. The number of carbonyl (C=O) groups is 2. The summed E-state index contributed by atoms with van der Waals surface area (Å²) in [6.07, 6.45) is 1.08. The SMILES string of the molecule is CSc1ccc(Oc2ccc(CN(C(=O)OC(C)(C)C)S(C)(=O)=O)cc2CN(C)C(=O)OC(C)(C)C)cc1F. The molecule has 0 bridgehead atoms. The second-order valence-electron chi connectivity index (χ2n) is 10.9. The number of thioether (sulfide) groups is 1. The van der Waals surface area contributed by atoms with Gasteiger partial charge < -0.3 is 19.1 Å². The Balaban J connectivity index is 2.47. The average molecular weight is 585 g/mol. The molecule has 0 aliphatic rings. The van der Waals surface area contributed by atoms with Crippen molar-refractivity contribution in [2.24, 2.45) is 0 Å². The quantitative estimate of drug-likeness (QED) is 0.328. The Bertz CT molecular complexity index is 1300. The summed E-state index contributed by atoms with van der Waals surface area (Å²) in [4.78, 5) is 27.1. The third-order valence-electron chi connectivity index (χ3n) is 4.91. The van der Waals surface area contributed by atoms with Crippen LogP contribution in [-0.2, 0) is 32.6 Å². The summed E-state index contributed by atoms with van der Waals surface area (Å²) in [5.74, 6) is 0.115. The normalized spacial score (nSPS) is 12.1. The van der Waals surface area contributed by atoms with E-state index in [0.717, 1.165) is 6.26 Å². The lowest BCUT2D eigenvalue weighted by atomic mass is 10.1. The molecule has 0 saturated heterocycles. The first-order valence-corrected chi connectivity index (χ1v) is 15.1. The molecule has 0 saturated carbocycles.